The van der Waals surface area contributed by atoms with Gasteiger partial charge in [-0.3, -0.25) is 19.5 Å². The fourth-order valence-corrected chi connectivity index (χ4v) is 3.44. The van der Waals surface area contributed by atoms with Crippen molar-refractivity contribution < 1.29 is 9.59 Å². The lowest BCUT2D eigenvalue weighted by Gasteiger charge is -2.25. The Morgan fingerprint density at radius 2 is 1.92 bits per heavy atom. The number of imide groups is 1. The van der Waals surface area contributed by atoms with E-state index >= 15 is 0 Å². The van der Waals surface area contributed by atoms with E-state index in [1.807, 2.05) is 0 Å². The molecule has 0 saturated carbocycles. The smallest absolute Gasteiger partial charge is 0.229 e. The highest BCUT2D eigenvalue weighted by Gasteiger charge is 2.25. The Bertz CT molecular complexity index is 651. The van der Waals surface area contributed by atoms with Gasteiger partial charge in [-0.15, -0.1) is 35.7 Å². The van der Waals surface area contributed by atoms with Gasteiger partial charge in [-0.25, -0.2) is 0 Å². The van der Waals surface area contributed by atoms with Crippen LogP contribution in [-0.4, -0.2) is 49.1 Å². The number of guanidine groups is 1. The number of rotatable bonds is 6. The van der Waals surface area contributed by atoms with Gasteiger partial charge in [0.2, 0.25) is 11.8 Å². The number of carbonyl (C=O) groups excluding carboxylic acids is 2. The molecule has 0 bridgehead atoms. The van der Waals surface area contributed by atoms with Crippen LogP contribution in [0.25, 0.3) is 0 Å². The molecule has 1 fully saturated rings. The maximum Gasteiger partial charge on any atom is 0.229 e. The molecular weight excluding hydrogens is 463 g/mol. The van der Waals surface area contributed by atoms with E-state index in [2.05, 4.69) is 47.0 Å². The number of benzene rings is 1. The number of thioether (sulfide) groups is 1. The molecule has 1 saturated heterocycles. The topological polar surface area (TPSA) is 73.8 Å². The maximum absolute atomic E-state index is 11.8. The first-order valence-corrected chi connectivity index (χ1v) is 9.69. The Morgan fingerprint density at radius 1 is 1.23 bits per heavy atom. The summed E-state index contributed by atoms with van der Waals surface area (Å²) in [5.74, 6) is 0.500. The zero-order chi connectivity index (χ0) is 18.2. The molecular formula is C18H27IN4O2S. The minimum atomic E-state index is -0.0785. The second kappa shape index (κ2) is 11.4. The fourth-order valence-electron chi connectivity index (χ4n) is 2.73. The van der Waals surface area contributed by atoms with E-state index in [1.165, 1.54) is 20.9 Å². The summed E-state index contributed by atoms with van der Waals surface area (Å²) in [4.78, 5) is 30.4. The number of hydrogen-bond donors (Lipinski definition) is 2. The number of halogens is 1. The van der Waals surface area contributed by atoms with Crippen LogP contribution in [0.2, 0.25) is 0 Å². The van der Waals surface area contributed by atoms with E-state index in [1.54, 1.807) is 18.8 Å². The largest absolute Gasteiger partial charge is 0.355 e. The Hall–Kier alpha value is -1.29. The van der Waals surface area contributed by atoms with Crippen molar-refractivity contribution in [1.82, 2.24) is 15.5 Å². The molecule has 0 unspecified atom stereocenters. The third-order valence-electron chi connectivity index (χ3n) is 4.12. The number of aryl methyl sites for hydroxylation is 1. The van der Waals surface area contributed by atoms with Crippen molar-refractivity contribution in [3.63, 3.8) is 0 Å². The molecule has 2 amide bonds. The molecule has 1 heterocycles. The molecule has 1 aliphatic rings. The normalized spacial score (nSPS) is 14.9. The van der Waals surface area contributed by atoms with Crippen LogP contribution in [0.1, 0.15) is 30.4 Å². The molecule has 1 aromatic carbocycles. The Balaban J connectivity index is 0.00000338. The van der Waals surface area contributed by atoms with Crippen molar-refractivity contribution >= 4 is 53.5 Å². The van der Waals surface area contributed by atoms with Gasteiger partial charge in [-0.05, 0) is 36.8 Å². The number of likely N-dealkylation sites (tertiary alicyclic amines) is 1. The maximum atomic E-state index is 11.8. The van der Waals surface area contributed by atoms with Gasteiger partial charge < -0.3 is 10.6 Å². The van der Waals surface area contributed by atoms with Gasteiger partial charge in [0.15, 0.2) is 5.96 Å². The van der Waals surface area contributed by atoms with Crippen LogP contribution in [0.4, 0.5) is 0 Å². The fraction of sp³-hybridized carbons (Fsp3) is 0.500. The Labute approximate surface area is 176 Å². The minimum absolute atomic E-state index is 0. The van der Waals surface area contributed by atoms with Crippen LogP contribution in [0.3, 0.4) is 0 Å². The van der Waals surface area contributed by atoms with Gasteiger partial charge in [0.25, 0.3) is 0 Å². The Morgan fingerprint density at radius 3 is 2.54 bits per heavy atom. The third-order valence-corrected chi connectivity index (χ3v) is 4.94. The quantitative estimate of drug-likeness (QED) is 0.211. The van der Waals surface area contributed by atoms with Crippen molar-refractivity contribution in [2.45, 2.75) is 37.6 Å². The highest BCUT2D eigenvalue weighted by atomic mass is 127. The molecule has 0 radical (unpaired) electrons. The lowest BCUT2D eigenvalue weighted by Crippen LogP contribution is -2.46. The van der Waals surface area contributed by atoms with Gasteiger partial charge in [0.05, 0.1) is 0 Å². The SMILES string of the molecule is CN=C(NCCN1C(=O)CCCC1=O)NCc1ccc(C)cc1SC.I. The molecule has 6 nitrogen and oxygen atoms in total. The number of nitrogens with zero attached hydrogens (tertiary/aromatic N) is 2. The lowest BCUT2D eigenvalue weighted by molar-refractivity contribution is -0.147. The van der Waals surface area contributed by atoms with E-state index < -0.39 is 0 Å². The molecule has 1 aliphatic heterocycles. The highest BCUT2D eigenvalue weighted by molar-refractivity contribution is 14.0. The number of carbonyl (C=O) groups is 2. The molecule has 0 aliphatic carbocycles. The first-order valence-electron chi connectivity index (χ1n) is 8.46. The van der Waals surface area contributed by atoms with Crippen LogP contribution in [0, 0.1) is 6.92 Å². The van der Waals surface area contributed by atoms with E-state index in [9.17, 15) is 9.59 Å². The first kappa shape index (κ1) is 22.8. The molecule has 0 spiro atoms. The summed E-state index contributed by atoms with van der Waals surface area (Å²) < 4.78 is 0. The number of nitrogens with one attached hydrogen (secondary N) is 2. The zero-order valence-electron chi connectivity index (χ0n) is 15.5. The van der Waals surface area contributed by atoms with Gasteiger partial charge in [0, 0.05) is 44.4 Å². The van der Waals surface area contributed by atoms with Crippen molar-refractivity contribution in [2.75, 3.05) is 26.4 Å². The van der Waals surface area contributed by atoms with Gasteiger partial charge in [-0.1, -0.05) is 12.1 Å². The molecule has 2 N–H and O–H groups in total. The standard InChI is InChI=1S/C18H26N4O2S.HI/c1-13-7-8-14(15(11-13)25-3)12-21-18(19-2)20-9-10-22-16(23)5-4-6-17(22)24;/h7-8,11H,4-6,9-10,12H2,1-3H3,(H2,19,20,21);1H. The Kier molecular flexibility index (Phi) is 10.0. The van der Waals surface area contributed by atoms with Gasteiger partial charge in [0.1, 0.15) is 0 Å². The van der Waals surface area contributed by atoms with Crippen molar-refractivity contribution in [1.29, 1.82) is 0 Å². The van der Waals surface area contributed by atoms with Crippen molar-refractivity contribution in [3.05, 3.63) is 29.3 Å². The van der Waals surface area contributed by atoms with E-state index in [4.69, 9.17) is 0 Å². The average Bonchev–Trinajstić information content (AvgIpc) is 2.60. The number of aliphatic imine (C=N–C) groups is 1. The molecule has 8 heteroatoms. The number of hydrogen-bond acceptors (Lipinski definition) is 4. The predicted molar refractivity (Wildman–Crippen MR) is 117 cm³/mol. The summed E-state index contributed by atoms with van der Waals surface area (Å²) >= 11 is 1.72. The number of amides is 2. The van der Waals surface area contributed by atoms with E-state index in [0.29, 0.717) is 44.9 Å². The van der Waals surface area contributed by atoms with Crippen LogP contribution >= 0.6 is 35.7 Å². The van der Waals surface area contributed by atoms with Crippen molar-refractivity contribution in [3.8, 4) is 0 Å². The van der Waals surface area contributed by atoms with Crippen LogP contribution in [-0.2, 0) is 16.1 Å². The average molecular weight is 490 g/mol. The second-order valence-corrected chi connectivity index (χ2v) is 6.81. The molecule has 0 aromatic heterocycles. The van der Waals surface area contributed by atoms with Crippen molar-refractivity contribution in [2.24, 2.45) is 4.99 Å². The molecule has 1 aromatic rings. The molecule has 144 valence electrons. The van der Waals surface area contributed by atoms with Gasteiger partial charge >= 0.3 is 0 Å². The summed E-state index contributed by atoms with van der Waals surface area (Å²) in [6, 6.07) is 6.39. The van der Waals surface area contributed by atoms with Gasteiger partial charge in [-0.2, -0.15) is 0 Å². The molecule has 26 heavy (non-hydrogen) atoms. The molecule has 0 atom stereocenters. The van der Waals surface area contributed by atoms with E-state index in [-0.39, 0.29) is 35.8 Å². The first-order chi connectivity index (χ1) is 12.0. The summed E-state index contributed by atoms with van der Waals surface area (Å²) in [7, 11) is 1.71. The zero-order valence-corrected chi connectivity index (χ0v) is 18.6. The van der Waals surface area contributed by atoms with Crippen LogP contribution < -0.4 is 10.6 Å². The summed E-state index contributed by atoms with van der Waals surface area (Å²) in [5.41, 5.74) is 2.45. The third kappa shape index (κ3) is 6.46. The van der Waals surface area contributed by atoms with E-state index in [0.717, 1.165) is 0 Å². The second-order valence-electron chi connectivity index (χ2n) is 5.96. The highest BCUT2D eigenvalue weighted by Crippen LogP contribution is 2.21. The number of piperidine rings is 1. The van der Waals surface area contributed by atoms with Crippen LogP contribution in [0.15, 0.2) is 28.1 Å². The minimum Gasteiger partial charge on any atom is -0.355 e. The lowest BCUT2D eigenvalue weighted by atomic mass is 10.1. The monoisotopic (exact) mass is 490 g/mol. The summed E-state index contributed by atoms with van der Waals surface area (Å²) in [6.45, 7) is 3.61. The predicted octanol–water partition coefficient (Wildman–Crippen LogP) is 2.54. The molecule has 2 rings (SSSR count). The summed E-state index contributed by atoms with van der Waals surface area (Å²) in [6.07, 6.45) is 3.66. The summed E-state index contributed by atoms with van der Waals surface area (Å²) in [5, 5.41) is 6.44. The van der Waals surface area contributed by atoms with Crippen LogP contribution in [0.5, 0.6) is 0 Å².